The number of aliphatic hydroxyl groups is 1. The molecule has 3 aromatic rings. The van der Waals surface area contributed by atoms with E-state index >= 15 is 0 Å². The molecule has 1 N–H and O–H groups in total. The van der Waals surface area contributed by atoms with E-state index in [9.17, 15) is 5.11 Å². The summed E-state index contributed by atoms with van der Waals surface area (Å²) in [6.45, 7) is 4.46. The molecule has 5 nitrogen and oxygen atoms in total. The van der Waals surface area contributed by atoms with Gasteiger partial charge in [0.2, 0.25) is 0 Å². The smallest absolute Gasteiger partial charge is 0.164 e. The molecule has 2 atom stereocenters. The molecule has 2 aliphatic rings. The van der Waals surface area contributed by atoms with Crippen LogP contribution in [-0.4, -0.2) is 39.8 Å². The Kier molecular flexibility index (Phi) is 4.77. The molecule has 0 unspecified atom stereocenters. The van der Waals surface area contributed by atoms with Crippen LogP contribution in [0.2, 0.25) is 0 Å². The van der Waals surface area contributed by atoms with Gasteiger partial charge >= 0.3 is 0 Å². The molecule has 6 heteroatoms. The van der Waals surface area contributed by atoms with Crippen molar-refractivity contribution in [2.45, 2.75) is 39.0 Å². The number of pyridine rings is 1. The molecule has 3 aromatic heterocycles. The van der Waals surface area contributed by atoms with Crippen LogP contribution in [0.4, 0.5) is 5.82 Å². The Balaban J connectivity index is 1.68. The molecule has 0 saturated carbocycles. The van der Waals surface area contributed by atoms with Gasteiger partial charge in [-0.1, -0.05) is 6.92 Å². The molecule has 0 bridgehead atoms. The van der Waals surface area contributed by atoms with Crippen LogP contribution >= 0.6 is 11.3 Å². The normalized spacial score (nSPS) is 22.4. The standard InChI is InChI=1S/C22H26N4OS/c1-14-6-7-17-18(10-14)28-22-19(17)21(26-9-3-4-15(12-26)13-27)24-20(25-22)16-5-2-8-23-11-16/h2,5,8,11,14-15,27H,3-4,6-7,9-10,12-13H2,1H3/t14-,15+/m1/s1. The third kappa shape index (κ3) is 3.18. The first kappa shape index (κ1) is 18.0. The van der Waals surface area contributed by atoms with E-state index in [4.69, 9.17) is 9.97 Å². The Bertz CT molecular complexity index is 987. The Morgan fingerprint density at radius 1 is 1.29 bits per heavy atom. The van der Waals surface area contributed by atoms with Crippen molar-refractivity contribution in [1.82, 2.24) is 15.0 Å². The third-order valence-corrected chi connectivity index (χ3v) is 7.28. The summed E-state index contributed by atoms with van der Waals surface area (Å²) in [4.78, 5) is 19.3. The molecule has 1 aliphatic heterocycles. The summed E-state index contributed by atoms with van der Waals surface area (Å²) in [5.74, 6) is 2.89. The minimum absolute atomic E-state index is 0.249. The van der Waals surface area contributed by atoms with Crippen molar-refractivity contribution in [3.05, 3.63) is 35.0 Å². The van der Waals surface area contributed by atoms with Crippen LogP contribution in [0.5, 0.6) is 0 Å². The van der Waals surface area contributed by atoms with E-state index < -0.39 is 0 Å². The van der Waals surface area contributed by atoms with E-state index in [0.717, 1.165) is 66.7 Å². The van der Waals surface area contributed by atoms with Crippen molar-refractivity contribution in [3.8, 4) is 11.4 Å². The molecule has 0 spiro atoms. The van der Waals surface area contributed by atoms with Crippen LogP contribution in [-0.2, 0) is 12.8 Å². The van der Waals surface area contributed by atoms with Gasteiger partial charge in [0.05, 0.1) is 5.39 Å². The quantitative estimate of drug-likeness (QED) is 0.725. The second-order valence-electron chi connectivity index (χ2n) is 8.28. The fraction of sp³-hybridized carbons (Fsp3) is 0.500. The molecular formula is C22H26N4OS. The van der Waals surface area contributed by atoms with Crippen LogP contribution in [0.1, 0.15) is 36.6 Å². The molecule has 0 aromatic carbocycles. The van der Waals surface area contributed by atoms with Gasteiger partial charge in [0.1, 0.15) is 10.6 Å². The number of hydrogen-bond donors (Lipinski definition) is 1. The molecule has 1 saturated heterocycles. The van der Waals surface area contributed by atoms with Crippen LogP contribution < -0.4 is 4.90 Å². The molecule has 4 heterocycles. The second kappa shape index (κ2) is 7.41. The van der Waals surface area contributed by atoms with Gasteiger partial charge in [-0.3, -0.25) is 4.98 Å². The molecule has 28 heavy (non-hydrogen) atoms. The van der Waals surface area contributed by atoms with Crippen LogP contribution in [0, 0.1) is 11.8 Å². The van der Waals surface area contributed by atoms with Crippen molar-refractivity contribution < 1.29 is 5.11 Å². The molecule has 1 aliphatic carbocycles. The lowest BCUT2D eigenvalue weighted by Gasteiger charge is -2.33. The number of thiophene rings is 1. The van der Waals surface area contributed by atoms with Gasteiger partial charge in [0.15, 0.2) is 5.82 Å². The fourth-order valence-corrected chi connectivity index (χ4v) is 5.96. The highest BCUT2D eigenvalue weighted by Crippen LogP contribution is 2.42. The number of fused-ring (bicyclic) bond motifs is 3. The van der Waals surface area contributed by atoms with Gasteiger partial charge in [-0.25, -0.2) is 9.97 Å². The summed E-state index contributed by atoms with van der Waals surface area (Å²) in [6, 6.07) is 3.96. The number of aliphatic hydroxyl groups excluding tert-OH is 1. The van der Waals surface area contributed by atoms with Gasteiger partial charge in [-0.05, 0) is 61.6 Å². The first-order chi connectivity index (χ1) is 13.7. The molecule has 5 rings (SSSR count). The maximum atomic E-state index is 9.72. The van der Waals surface area contributed by atoms with E-state index in [0.29, 0.717) is 5.92 Å². The maximum Gasteiger partial charge on any atom is 0.164 e. The predicted octanol–water partition coefficient (Wildman–Crippen LogP) is 4.09. The molecule has 0 radical (unpaired) electrons. The minimum atomic E-state index is 0.249. The summed E-state index contributed by atoms with van der Waals surface area (Å²) in [5, 5.41) is 11.0. The average Bonchev–Trinajstić information content (AvgIpc) is 3.11. The van der Waals surface area contributed by atoms with Gasteiger partial charge in [-0.15, -0.1) is 11.3 Å². The highest BCUT2D eigenvalue weighted by atomic mass is 32.1. The van der Waals surface area contributed by atoms with Crippen LogP contribution in [0.25, 0.3) is 21.6 Å². The highest BCUT2D eigenvalue weighted by Gasteiger charge is 2.28. The molecular weight excluding hydrogens is 368 g/mol. The van der Waals surface area contributed by atoms with Crippen molar-refractivity contribution in [3.63, 3.8) is 0 Å². The zero-order valence-corrected chi connectivity index (χ0v) is 17.1. The average molecular weight is 395 g/mol. The third-order valence-electron chi connectivity index (χ3n) is 6.13. The largest absolute Gasteiger partial charge is 0.396 e. The van der Waals surface area contributed by atoms with E-state index in [-0.39, 0.29) is 6.61 Å². The fourth-order valence-electron chi connectivity index (χ4n) is 4.58. The van der Waals surface area contributed by atoms with E-state index in [2.05, 4.69) is 16.8 Å². The Labute approximate surface area is 169 Å². The monoisotopic (exact) mass is 394 g/mol. The highest BCUT2D eigenvalue weighted by molar-refractivity contribution is 7.19. The van der Waals surface area contributed by atoms with E-state index in [1.165, 1.54) is 22.2 Å². The Morgan fingerprint density at radius 2 is 2.21 bits per heavy atom. The van der Waals surface area contributed by atoms with Gasteiger partial charge in [0.25, 0.3) is 0 Å². The molecule has 0 amide bonds. The lowest BCUT2D eigenvalue weighted by atomic mass is 9.89. The lowest BCUT2D eigenvalue weighted by Crippen LogP contribution is -2.37. The number of hydrogen-bond acceptors (Lipinski definition) is 6. The van der Waals surface area contributed by atoms with Crippen LogP contribution in [0.15, 0.2) is 24.5 Å². The maximum absolute atomic E-state index is 9.72. The van der Waals surface area contributed by atoms with Crippen molar-refractivity contribution in [1.29, 1.82) is 0 Å². The molecule has 146 valence electrons. The topological polar surface area (TPSA) is 62.1 Å². The minimum Gasteiger partial charge on any atom is -0.396 e. The second-order valence-corrected chi connectivity index (χ2v) is 9.36. The van der Waals surface area contributed by atoms with Gasteiger partial charge < -0.3 is 10.0 Å². The number of aryl methyl sites for hydroxylation is 1. The van der Waals surface area contributed by atoms with Crippen LogP contribution in [0.3, 0.4) is 0 Å². The van der Waals surface area contributed by atoms with Crippen molar-refractivity contribution in [2.24, 2.45) is 11.8 Å². The first-order valence-electron chi connectivity index (χ1n) is 10.3. The number of nitrogens with zero attached hydrogens (tertiary/aromatic N) is 4. The summed E-state index contributed by atoms with van der Waals surface area (Å²) in [5.41, 5.74) is 2.43. The zero-order valence-electron chi connectivity index (χ0n) is 16.3. The Morgan fingerprint density at radius 3 is 3.04 bits per heavy atom. The van der Waals surface area contributed by atoms with Crippen molar-refractivity contribution in [2.75, 3.05) is 24.6 Å². The molecule has 1 fully saturated rings. The van der Waals surface area contributed by atoms with E-state index in [1.807, 2.05) is 29.7 Å². The van der Waals surface area contributed by atoms with E-state index in [1.54, 1.807) is 6.20 Å². The summed E-state index contributed by atoms with van der Waals surface area (Å²) in [7, 11) is 0. The number of aromatic nitrogens is 3. The lowest BCUT2D eigenvalue weighted by molar-refractivity contribution is 0.208. The number of piperidine rings is 1. The summed E-state index contributed by atoms with van der Waals surface area (Å²) >= 11 is 1.85. The van der Waals surface area contributed by atoms with Gasteiger partial charge in [-0.2, -0.15) is 0 Å². The van der Waals surface area contributed by atoms with Gasteiger partial charge in [0, 0.05) is 42.5 Å². The summed E-state index contributed by atoms with van der Waals surface area (Å²) in [6.07, 6.45) is 9.33. The summed E-state index contributed by atoms with van der Waals surface area (Å²) < 4.78 is 0. The SMILES string of the molecule is C[C@@H]1CCc2c(sc3nc(-c4cccnc4)nc(N4CCC[C@H](CO)C4)c23)C1. The number of rotatable bonds is 3. The zero-order chi connectivity index (χ0) is 19.1. The van der Waals surface area contributed by atoms with Crippen molar-refractivity contribution >= 4 is 27.4 Å². The Hall–Kier alpha value is -2.05. The predicted molar refractivity (Wildman–Crippen MR) is 114 cm³/mol. The number of anilines is 1. The first-order valence-corrected chi connectivity index (χ1v) is 11.1.